The average molecular weight is 525 g/mol. The first kappa shape index (κ1) is 24.8. The molecule has 2 saturated heterocycles. The zero-order valence-electron chi connectivity index (χ0n) is 18.0. The Morgan fingerprint density at radius 1 is 1.09 bits per heavy atom. The van der Waals surface area contributed by atoms with Crippen LogP contribution in [0.4, 0.5) is 27.1 Å². The predicted molar refractivity (Wildman–Crippen MR) is 113 cm³/mol. The molecule has 186 valence electrons. The Morgan fingerprint density at radius 3 is 2.24 bits per heavy atom. The lowest BCUT2D eigenvalue weighted by Crippen LogP contribution is -2.46. The van der Waals surface area contributed by atoms with Crippen molar-refractivity contribution >= 4 is 32.4 Å². The summed E-state index contributed by atoms with van der Waals surface area (Å²) >= 11 is 0.679. The lowest BCUT2D eigenvalue weighted by atomic mass is 9.97. The summed E-state index contributed by atoms with van der Waals surface area (Å²) in [4.78, 5) is 19.4. The van der Waals surface area contributed by atoms with Gasteiger partial charge in [-0.1, -0.05) is 0 Å². The Kier molecular flexibility index (Phi) is 6.57. The number of carbonyl (C=O) groups excluding carboxylic acids is 1. The molecule has 1 aromatic carbocycles. The number of nitrogens with zero attached hydrogens (tertiary/aromatic N) is 4. The number of hydrogen-bond donors (Lipinski definition) is 0. The lowest BCUT2D eigenvalue weighted by Gasteiger charge is -2.36. The molecule has 0 bridgehead atoms. The molecule has 2 aliphatic heterocycles. The molecule has 0 unspecified atom stereocenters. The molecule has 0 radical (unpaired) electrons. The van der Waals surface area contributed by atoms with E-state index in [0.717, 1.165) is 18.4 Å². The fraction of sp³-hybridized carbons (Fsp3) is 0.550. The summed E-state index contributed by atoms with van der Waals surface area (Å²) in [7, 11) is -3.78. The summed E-state index contributed by atoms with van der Waals surface area (Å²) in [6.45, 7) is 1.22. The minimum atomic E-state index is -4.60. The summed E-state index contributed by atoms with van der Waals surface area (Å²) in [6, 6.07) is 1.39. The Hall–Kier alpha value is -2.35. The Morgan fingerprint density at radius 2 is 1.71 bits per heavy atom. The number of benzene rings is 1. The molecule has 1 aromatic heterocycles. The number of piperidine rings is 1. The highest BCUT2D eigenvalue weighted by molar-refractivity contribution is 7.90. The Labute approximate surface area is 196 Å². The van der Waals surface area contributed by atoms with E-state index in [1.54, 1.807) is 9.80 Å². The van der Waals surface area contributed by atoms with E-state index in [-0.39, 0.29) is 29.1 Å². The van der Waals surface area contributed by atoms with Crippen molar-refractivity contribution in [3.8, 4) is 0 Å². The van der Waals surface area contributed by atoms with Crippen LogP contribution in [0.5, 0.6) is 0 Å². The van der Waals surface area contributed by atoms with Crippen LogP contribution in [0.3, 0.4) is 0 Å². The van der Waals surface area contributed by atoms with Gasteiger partial charge in [-0.2, -0.15) is 22.5 Å². The van der Waals surface area contributed by atoms with E-state index in [1.165, 1.54) is 0 Å². The number of anilines is 1. The summed E-state index contributed by atoms with van der Waals surface area (Å²) in [6.07, 6.45) is -2.49. The molecule has 1 atom stereocenters. The maximum Gasteiger partial charge on any atom is 0.452 e. The minimum Gasteiger partial charge on any atom is -0.347 e. The monoisotopic (exact) mass is 524 g/mol. The van der Waals surface area contributed by atoms with Gasteiger partial charge in [-0.15, -0.1) is 0 Å². The number of hydrogen-bond acceptors (Lipinski definition) is 7. The molecule has 0 aliphatic carbocycles. The smallest absolute Gasteiger partial charge is 0.347 e. The molecule has 0 spiro atoms. The first-order valence-corrected chi connectivity index (χ1v) is 13.2. The maximum absolute atomic E-state index is 14.4. The molecule has 2 aliphatic rings. The molecule has 0 N–H and O–H groups in total. The largest absolute Gasteiger partial charge is 0.452 e. The van der Waals surface area contributed by atoms with Crippen molar-refractivity contribution in [1.29, 1.82) is 0 Å². The van der Waals surface area contributed by atoms with Gasteiger partial charge in [0.1, 0.15) is 11.6 Å². The van der Waals surface area contributed by atoms with Gasteiger partial charge in [0.25, 0.3) is 0 Å². The zero-order chi connectivity index (χ0) is 24.8. The molecular weight excluding hydrogens is 503 g/mol. The van der Waals surface area contributed by atoms with Gasteiger partial charge in [-0.25, -0.2) is 17.2 Å². The van der Waals surface area contributed by atoms with Gasteiger partial charge in [0, 0.05) is 54.9 Å². The van der Waals surface area contributed by atoms with Gasteiger partial charge >= 0.3 is 6.18 Å². The van der Waals surface area contributed by atoms with Crippen LogP contribution in [-0.4, -0.2) is 60.5 Å². The quantitative estimate of drug-likeness (QED) is 0.559. The van der Waals surface area contributed by atoms with Crippen molar-refractivity contribution in [1.82, 2.24) is 14.3 Å². The van der Waals surface area contributed by atoms with Gasteiger partial charge < -0.3 is 9.80 Å². The first-order valence-electron chi connectivity index (χ1n) is 10.5. The molecule has 4 rings (SSSR count). The van der Waals surface area contributed by atoms with Gasteiger partial charge in [-0.3, -0.25) is 4.79 Å². The van der Waals surface area contributed by atoms with Crippen molar-refractivity contribution in [3.63, 3.8) is 0 Å². The van der Waals surface area contributed by atoms with E-state index >= 15 is 0 Å². The summed E-state index contributed by atoms with van der Waals surface area (Å²) in [5.74, 6) is -4.05. The number of aromatic nitrogens is 2. The van der Waals surface area contributed by atoms with Gasteiger partial charge in [0.15, 0.2) is 9.84 Å². The molecule has 3 heterocycles. The highest BCUT2D eigenvalue weighted by Gasteiger charge is 2.39. The van der Waals surface area contributed by atoms with Crippen LogP contribution in [0.15, 0.2) is 17.0 Å². The Balaban J connectivity index is 1.38. The van der Waals surface area contributed by atoms with Crippen molar-refractivity contribution in [2.45, 2.75) is 42.8 Å². The van der Waals surface area contributed by atoms with Gasteiger partial charge in [-0.05, 0) is 37.8 Å². The zero-order valence-corrected chi connectivity index (χ0v) is 19.6. The molecule has 7 nitrogen and oxygen atoms in total. The first-order chi connectivity index (χ1) is 15.8. The number of alkyl halides is 3. The molecule has 2 aromatic rings. The van der Waals surface area contributed by atoms with Crippen LogP contribution >= 0.6 is 11.5 Å². The van der Waals surface area contributed by atoms with Crippen LogP contribution in [-0.2, 0) is 27.2 Å². The van der Waals surface area contributed by atoms with E-state index in [2.05, 4.69) is 9.36 Å². The van der Waals surface area contributed by atoms with E-state index < -0.39 is 44.3 Å². The standard InChI is InChI=1S/C20H21F5N4O3S2/c1-34(31,32)13-9-15(21)14(16(22)10-13)8-11-2-7-29(17(11)30)12-3-5-28(6-4-12)19-26-18(27-33-19)20(23,24)25/h9-12H,2-8H2,1H3/t11-/m1/s1. The average Bonchev–Trinajstić information content (AvgIpc) is 3.37. The third-order valence-corrected chi connectivity index (χ3v) is 8.06. The highest BCUT2D eigenvalue weighted by Crippen LogP contribution is 2.33. The number of halogens is 5. The van der Waals surface area contributed by atoms with Crippen LogP contribution < -0.4 is 4.90 Å². The second kappa shape index (κ2) is 9.02. The summed E-state index contributed by atoms with van der Waals surface area (Å²) < 4.78 is 93.6. The van der Waals surface area contributed by atoms with Gasteiger partial charge in [0.05, 0.1) is 4.90 Å². The molecule has 14 heteroatoms. The minimum absolute atomic E-state index is 0.133. The second-order valence-corrected chi connectivity index (χ2v) is 11.2. The Bertz CT molecular complexity index is 1170. The second-order valence-electron chi connectivity index (χ2n) is 8.48. The van der Waals surface area contributed by atoms with Crippen LogP contribution in [0.25, 0.3) is 0 Å². The highest BCUT2D eigenvalue weighted by atomic mass is 32.2. The summed E-state index contributed by atoms with van der Waals surface area (Å²) in [5.41, 5.74) is -0.320. The molecule has 1 amide bonds. The predicted octanol–water partition coefficient (Wildman–Crippen LogP) is 3.30. The fourth-order valence-corrected chi connectivity index (χ4v) is 5.75. The molecule has 2 fully saturated rings. The van der Waals surface area contributed by atoms with Crippen molar-refractivity contribution in [2.24, 2.45) is 5.92 Å². The number of carbonyl (C=O) groups is 1. The van der Waals surface area contributed by atoms with E-state index in [9.17, 15) is 35.2 Å². The fourth-order valence-electron chi connectivity index (χ4n) is 4.38. The van der Waals surface area contributed by atoms with Crippen LogP contribution in [0, 0.1) is 17.6 Å². The normalized spacial score (nSPS) is 20.4. The maximum atomic E-state index is 14.4. The third-order valence-electron chi connectivity index (χ3n) is 6.19. The third kappa shape index (κ3) is 5.02. The lowest BCUT2D eigenvalue weighted by molar-refractivity contribution is -0.144. The number of rotatable bonds is 5. The summed E-state index contributed by atoms with van der Waals surface area (Å²) in [5, 5.41) is 0.180. The molecular formula is C20H21F5N4O3S2. The van der Waals surface area contributed by atoms with Crippen LogP contribution in [0.1, 0.15) is 30.7 Å². The van der Waals surface area contributed by atoms with Crippen LogP contribution in [0.2, 0.25) is 0 Å². The SMILES string of the molecule is CS(=O)(=O)c1cc(F)c(C[C@H]2CCN(C3CCN(c4nc(C(F)(F)F)ns4)CC3)C2=O)c(F)c1. The molecule has 0 saturated carbocycles. The van der Waals surface area contributed by atoms with E-state index in [4.69, 9.17) is 0 Å². The number of amides is 1. The van der Waals surface area contributed by atoms with Crippen molar-refractivity contribution < 1.29 is 35.2 Å². The van der Waals surface area contributed by atoms with E-state index in [1.807, 2.05) is 0 Å². The number of likely N-dealkylation sites (tertiary alicyclic amines) is 1. The topological polar surface area (TPSA) is 83.5 Å². The van der Waals surface area contributed by atoms with Crippen molar-refractivity contribution in [3.05, 3.63) is 35.2 Å². The van der Waals surface area contributed by atoms with Crippen molar-refractivity contribution in [2.75, 3.05) is 30.8 Å². The molecule has 34 heavy (non-hydrogen) atoms. The number of sulfone groups is 1. The van der Waals surface area contributed by atoms with Gasteiger partial charge in [0.2, 0.25) is 16.9 Å². The van der Waals surface area contributed by atoms with E-state index in [0.29, 0.717) is 50.4 Å².